The number of hydrogen-bond acceptors (Lipinski definition) is 2. The van der Waals surface area contributed by atoms with Crippen LogP contribution in [-0.4, -0.2) is 25.2 Å². The molecule has 1 amide bonds. The lowest BCUT2D eigenvalue weighted by atomic mass is 10.1. The lowest BCUT2D eigenvalue weighted by Gasteiger charge is -2.07. The minimum Gasteiger partial charge on any atom is -0.356 e. The van der Waals surface area contributed by atoms with Crippen molar-refractivity contribution >= 4 is 5.91 Å². The molecule has 0 aromatic carbocycles. The molecular formula is C12H23F3N2O. The molecular weight excluding hydrogens is 245 g/mol. The molecule has 0 aromatic rings. The van der Waals surface area contributed by atoms with Gasteiger partial charge in [-0.1, -0.05) is 12.8 Å². The summed E-state index contributed by atoms with van der Waals surface area (Å²) in [5, 5.41) is 2.63. The number of alkyl halides is 3. The average molecular weight is 268 g/mol. The van der Waals surface area contributed by atoms with Gasteiger partial charge in [0.1, 0.15) is 0 Å². The second-order valence-corrected chi connectivity index (χ2v) is 4.38. The number of carbonyl (C=O) groups is 1. The standard InChI is InChI=1S/C12H23F3N2O/c13-12(14,15)8-4-6-10-17-11(18)7-3-1-2-5-9-16/h1-10,16H2,(H,17,18). The summed E-state index contributed by atoms with van der Waals surface area (Å²) in [5.74, 6) is -0.0743. The molecule has 0 radical (unpaired) electrons. The largest absolute Gasteiger partial charge is 0.389 e. The zero-order chi connectivity index (χ0) is 13.9. The molecule has 6 heteroatoms. The van der Waals surface area contributed by atoms with Crippen molar-refractivity contribution in [1.29, 1.82) is 0 Å². The monoisotopic (exact) mass is 268 g/mol. The molecule has 0 aliphatic rings. The zero-order valence-corrected chi connectivity index (χ0v) is 10.7. The van der Waals surface area contributed by atoms with E-state index in [4.69, 9.17) is 5.73 Å². The molecule has 0 aliphatic heterocycles. The normalized spacial score (nSPS) is 11.6. The Morgan fingerprint density at radius 1 is 1.00 bits per heavy atom. The van der Waals surface area contributed by atoms with E-state index >= 15 is 0 Å². The van der Waals surface area contributed by atoms with E-state index in [1.807, 2.05) is 0 Å². The Hall–Kier alpha value is -0.780. The van der Waals surface area contributed by atoms with Crippen LogP contribution in [0.5, 0.6) is 0 Å². The summed E-state index contributed by atoms with van der Waals surface area (Å²) in [7, 11) is 0. The van der Waals surface area contributed by atoms with Gasteiger partial charge in [-0.15, -0.1) is 0 Å². The van der Waals surface area contributed by atoms with Gasteiger partial charge in [0.05, 0.1) is 0 Å². The third-order valence-corrected chi connectivity index (χ3v) is 2.57. The molecule has 3 nitrogen and oxygen atoms in total. The van der Waals surface area contributed by atoms with Crippen LogP contribution in [0.3, 0.4) is 0 Å². The first kappa shape index (κ1) is 17.2. The molecule has 3 N–H and O–H groups in total. The Labute approximate surface area is 106 Å². The van der Waals surface area contributed by atoms with Crippen LogP contribution in [0, 0.1) is 0 Å². The molecule has 0 spiro atoms. The molecule has 0 saturated carbocycles. The van der Waals surface area contributed by atoms with Crippen molar-refractivity contribution < 1.29 is 18.0 Å². The third kappa shape index (κ3) is 13.3. The van der Waals surface area contributed by atoms with Crippen molar-refractivity contribution in [1.82, 2.24) is 5.32 Å². The maximum atomic E-state index is 11.8. The first-order valence-corrected chi connectivity index (χ1v) is 6.49. The van der Waals surface area contributed by atoms with Gasteiger partial charge in [0.25, 0.3) is 0 Å². The fraction of sp³-hybridized carbons (Fsp3) is 0.917. The molecule has 0 rings (SSSR count). The summed E-state index contributed by atoms with van der Waals surface area (Å²) in [4.78, 5) is 11.3. The fourth-order valence-electron chi connectivity index (χ4n) is 1.55. The van der Waals surface area contributed by atoms with E-state index in [0.717, 1.165) is 25.7 Å². The number of unbranched alkanes of at least 4 members (excludes halogenated alkanes) is 4. The van der Waals surface area contributed by atoms with Crippen LogP contribution in [-0.2, 0) is 4.79 Å². The molecule has 0 bridgehead atoms. The van der Waals surface area contributed by atoms with Crippen LogP contribution >= 0.6 is 0 Å². The molecule has 0 aromatic heterocycles. The second-order valence-electron chi connectivity index (χ2n) is 4.38. The van der Waals surface area contributed by atoms with Crippen LogP contribution < -0.4 is 11.1 Å². The molecule has 0 aliphatic carbocycles. The van der Waals surface area contributed by atoms with Crippen LogP contribution in [0.4, 0.5) is 13.2 Å². The number of amides is 1. The van der Waals surface area contributed by atoms with Gasteiger partial charge in [-0.25, -0.2) is 0 Å². The highest BCUT2D eigenvalue weighted by molar-refractivity contribution is 5.75. The van der Waals surface area contributed by atoms with Gasteiger partial charge in [-0.05, 0) is 32.2 Å². The van der Waals surface area contributed by atoms with E-state index in [1.54, 1.807) is 0 Å². The molecule has 0 unspecified atom stereocenters. The van der Waals surface area contributed by atoms with E-state index in [-0.39, 0.29) is 12.3 Å². The highest BCUT2D eigenvalue weighted by Crippen LogP contribution is 2.21. The first-order valence-electron chi connectivity index (χ1n) is 6.49. The van der Waals surface area contributed by atoms with Crippen molar-refractivity contribution in [3.05, 3.63) is 0 Å². The van der Waals surface area contributed by atoms with Crippen LogP contribution in [0.25, 0.3) is 0 Å². The maximum Gasteiger partial charge on any atom is 0.389 e. The van der Waals surface area contributed by atoms with E-state index in [1.165, 1.54) is 0 Å². The number of carbonyl (C=O) groups excluding carboxylic acids is 1. The molecule has 0 fully saturated rings. The number of nitrogens with one attached hydrogen (secondary N) is 1. The Morgan fingerprint density at radius 3 is 2.28 bits per heavy atom. The quantitative estimate of drug-likeness (QED) is 0.599. The Kier molecular flexibility index (Phi) is 9.73. The van der Waals surface area contributed by atoms with Crippen molar-refractivity contribution in [3.63, 3.8) is 0 Å². The first-order chi connectivity index (χ1) is 8.45. The summed E-state index contributed by atoms with van der Waals surface area (Å²) in [6.07, 6.45) is -0.195. The Bertz CT molecular complexity index is 220. The lowest BCUT2D eigenvalue weighted by Crippen LogP contribution is -2.24. The van der Waals surface area contributed by atoms with Gasteiger partial charge >= 0.3 is 6.18 Å². The van der Waals surface area contributed by atoms with Gasteiger partial charge in [-0.2, -0.15) is 13.2 Å². The summed E-state index contributed by atoms with van der Waals surface area (Å²) in [6, 6.07) is 0. The second kappa shape index (κ2) is 10.2. The van der Waals surface area contributed by atoms with Crippen molar-refractivity contribution in [2.45, 2.75) is 57.5 Å². The minimum absolute atomic E-state index is 0.0697. The van der Waals surface area contributed by atoms with Gasteiger partial charge in [0.2, 0.25) is 5.91 Å². The number of hydrogen-bond donors (Lipinski definition) is 2. The predicted molar refractivity (Wildman–Crippen MR) is 65.1 cm³/mol. The lowest BCUT2D eigenvalue weighted by molar-refractivity contribution is -0.135. The van der Waals surface area contributed by atoms with E-state index in [2.05, 4.69) is 5.32 Å². The molecule has 0 heterocycles. The van der Waals surface area contributed by atoms with E-state index in [9.17, 15) is 18.0 Å². The molecule has 18 heavy (non-hydrogen) atoms. The Morgan fingerprint density at radius 2 is 1.67 bits per heavy atom. The number of nitrogens with two attached hydrogens (primary N) is 1. The van der Waals surface area contributed by atoms with Crippen LogP contribution in [0.15, 0.2) is 0 Å². The average Bonchev–Trinajstić information content (AvgIpc) is 2.27. The minimum atomic E-state index is -4.09. The highest BCUT2D eigenvalue weighted by atomic mass is 19.4. The zero-order valence-electron chi connectivity index (χ0n) is 10.7. The molecule has 0 saturated heterocycles. The highest BCUT2D eigenvalue weighted by Gasteiger charge is 2.25. The topological polar surface area (TPSA) is 55.1 Å². The third-order valence-electron chi connectivity index (χ3n) is 2.57. The van der Waals surface area contributed by atoms with Crippen LogP contribution in [0.2, 0.25) is 0 Å². The van der Waals surface area contributed by atoms with Crippen molar-refractivity contribution in [2.24, 2.45) is 5.73 Å². The maximum absolute atomic E-state index is 11.8. The summed E-state index contributed by atoms with van der Waals surface area (Å²) in [5.41, 5.74) is 5.34. The van der Waals surface area contributed by atoms with Gasteiger partial charge in [-0.3, -0.25) is 4.79 Å². The van der Waals surface area contributed by atoms with Crippen molar-refractivity contribution in [2.75, 3.05) is 13.1 Å². The number of rotatable bonds is 10. The van der Waals surface area contributed by atoms with Gasteiger partial charge in [0, 0.05) is 19.4 Å². The summed E-state index contributed by atoms with van der Waals surface area (Å²) < 4.78 is 35.4. The molecule has 108 valence electrons. The fourth-order valence-corrected chi connectivity index (χ4v) is 1.55. The summed E-state index contributed by atoms with van der Waals surface area (Å²) >= 11 is 0. The SMILES string of the molecule is NCCCCCCC(=O)NCCCCC(F)(F)F. The van der Waals surface area contributed by atoms with E-state index < -0.39 is 12.6 Å². The van der Waals surface area contributed by atoms with Gasteiger partial charge in [0.15, 0.2) is 0 Å². The predicted octanol–water partition coefficient (Wildman–Crippen LogP) is 2.74. The smallest absolute Gasteiger partial charge is 0.356 e. The van der Waals surface area contributed by atoms with Gasteiger partial charge < -0.3 is 11.1 Å². The van der Waals surface area contributed by atoms with Crippen molar-refractivity contribution in [3.8, 4) is 0 Å². The molecule has 0 atom stereocenters. The summed E-state index contributed by atoms with van der Waals surface area (Å²) in [6.45, 7) is 1.00. The Balaban J connectivity index is 3.27. The number of halogens is 3. The van der Waals surface area contributed by atoms with E-state index in [0.29, 0.717) is 25.9 Å². The van der Waals surface area contributed by atoms with Crippen LogP contribution in [0.1, 0.15) is 51.4 Å².